The molecule has 3 rings (SSSR count). The number of nitrogens with zero attached hydrogens (tertiary/aromatic N) is 1. The van der Waals surface area contributed by atoms with Gasteiger partial charge in [-0.25, -0.2) is 0 Å². The van der Waals surface area contributed by atoms with Crippen molar-refractivity contribution in [1.82, 2.24) is 5.32 Å². The van der Waals surface area contributed by atoms with E-state index >= 15 is 0 Å². The Labute approximate surface area is 128 Å². The van der Waals surface area contributed by atoms with E-state index in [4.69, 9.17) is 9.47 Å². The fourth-order valence-corrected chi connectivity index (χ4v) is 2.44. The summed E-state index contributed by atoms with van der Waals surface area (Å²) in [5.74, 6) is 1.32. The largest absolute Gasteiger partial charge is 0.454 e. The number of fused-ring (bicyclic) bond motifs is 1. The predicted molar refractivity (Wildman–Crippen MR) is 80.3 cm³/mol. The number of nitrogens with one attached hydrogen (secondary N) is 1. The lowest BCUT2D eigenvalue weighted by Gasteiger charge is -2.21. The molecule has 5 nitrogen and oxygen atoms in total. The molecule has 1 heterocycles. The molecule has 5 heteroatoms. The van der Waals surface area contributed by atoms with Crippen LogP contribution in [0.3, 0.4) is 0 Å². The van der Waals surface area contributed by atoms with Gasteiger partial charge in [-0.1, -0.05) is 36.4 Å². The van der Waals surface area contributed by atoms with E-state index in [1.165, 1.54) is 0 Å². The van der Waals surface area contributed by atoms with E-state index in [1.54, 1.807) is 12.1 Å². The summed E-state index contributed by atoms with van der Waals surface area (Å²) < 4.78 is 10.6. The monoisotopic (exact) mass is 296 g/mol. The highest BCUT2D eigenvalue weighted by atomic mass is 16.7. The van der Waals surface area contributed by atoms with Crippen LogP contribution in [0.2, 0.25) is 0 Å². The molecule has 2 aromatic carbocycles. The molecule has 0 saturated carbocycles. The minimum Gasteiger partial charge on any atom is -0.454 e. The summed E-state index contributed by atoms with van der Waals surface area (Å²) in [6.45, 7) is 0.111. The lowest BCUT2D eigenvalue weighted by atomic mass is 10.0. The van der Waals surface area contributed by atoms with Gasteiger partial charge in [0.15, 0.2) is 11.5 Å². The summed E-state index contributed by atoms with van der Waals surface area (Å²) in [5, 5.41) is 22.2. The Balaban J connectivity index is 1.81. The van der Waals surface area contributed by atoms with Gasteiger partial charge in [-0.3, -0.25) is 5.32 Å². The van der Waals surface area contributed by atoms with Crippen LogP contribution in [0.4, 0.5) is 0 Å². The average Bonchev–Trinajstić information content (AvgIpc) is 3.04. The third-order valence-electron chi connectivity index (χ3n) is 3.61. The van der Waals surface area contributed by atoms with Gasteiger partial charge < -0.3 is 14.6 Å². The van der Waals surface area contributed by atoms with E-state index in [0.717, 1.165) is 11.1 Å². The second-order valence-corrected chi connectivity index (χ2v) is 4.99. The third-order valence-corrected chi connectivity index (χ3v) is 3.61. The summed E-state index contributed by atoms with van der Waals surface area (Å²) in [6, 6.07) is 16.3. The number of hydrogen-bond acceptors (Lipinski definition) is 5. The van der Waals surface area contributed by atoms with Crippen LogP contribution in [-0.2, 0) is 0 Å². The van der Waals surface area contributed by atoms with Gasteiger partial charge in [-0.2, -0.15) is 5.26 Å². The maximum absolute atomic E-state index is 9.61. The van der Waals surface area contributed by atoms with Crippen molar-refractivity contribution < 1.29 is 14.6 Å². The number of benzene rings is 2. The van der Waals surface area contributed by atoms with Crippen molar-refractivity contribution in [3.63, 3.8) is 0 Å². The van der Waals surface area contributed by atoms with E-state index in [9.17, 15) is 10.4 Å². The van der Waals surface area contributed by atoms with Gasteiger partial charge in [0.1, 0.15) is 6.04 Å². The van der Waals surface area contributed by atoms with Crippen molar-refractivity contribution in [2.24, 2.45) is 0 Å². The number of hydrogen-bond donors (Lipinski definition) is 2. The van der Waals surface area contributed by atoms with Crippen LogP contribution in [0.25, 0.3) is 0 Å². The van der Waals surface area contributed by atoms with Crippen molar-refractivity contribution in [2.45, 2.75) is 12.1 Å². The predicted octanol–water partition coefficient (Wildman–Crippen LogP) is 2.30. The van der Waals surface area contributed by atoms with Gasteiger partial charge in [0.2, 0.25) is 6.79 Å². The van der Waals surface area contributed by atoms with Crippen molar-refractivity contribution in [3.8, 4) is 17.6 Å². The maximum Gasteiger partial charge on any atom is 0.231 e. The Morgan fingerprint density at radius 1 is 1.09 bits per heavy atom. The molecule has 22 heavy (non-hydrogen) atoms. The highest BCUT2D eigenvalue weighted by molar-refractivity contribution is 5.46. The van der Waals surface area contributed by atoms with Gasteiger partial charge >= 0.3 is 0 Å². The van der Waals surface area contributed by atoms with Crippen LogP contribution in [0.5, 0.6) is 11.5 Å². The number of aliphatic hydroxyl groups is 1. The minimum absolute atomic E-state index is 0.0905. The maximum atomic E-state index is 9.61. The number of ether oxygens (including phenoxy) is 2. The van der Waals surface area contributed by atoms with Crippen LogP contribution in [0, 0.1) is 11.3 Å². The van der Waals surface area contributed by atoms with Crippen LogP contribution < -0.4 is 14.8 Å². The molecule has 1 unspecified atom stereocenters. The molecular formula is C17H16N2O3. The molecule has 2 N–H and O–H groups in total. The Bertz CT molecular complexity index is 682. The third kappa shape index (κ3) is 2.89. The lowest BCUT2D eigenvalue weighted by Crippen LogP contribution is -2.28. The molecule has 1 aliphatic rings. The fraction of sp³-hybridized carbons (Fsp3) is 0.235. The lowest BCUT2D eigenvalue weighted by molar-refractivity contribution is 0.174. The molecule has 0 fully saturated rings. The van der Waals surface area contributed by atoms with Crippen LogP contribution in [-0.4, -0.2) is 18.5 Å². The first-order chi connectivity index (χ1) is 10.8. The minimum atomic E-state index is -0.549. The topological polar surface area (TPSA) is 74.5 Å². The Kier molecular flexibility index (Phi) is 4.24. The zero-order valence-corrected chi connectivity index (χ0v) is 11.9. The van der Waals surface area contributed by atoms with E-state index in [1.807, 2.05) is 36.4 Å². The Hall–Kier alpha value is -2.55. The standard InChI is InChI=1S/C17H16N2O3/c18-9-14(13-6-7-16-17(8-13)22-11-21-16)19-15(10-20)12-4-2-1-3-5-12/h1-8,14-15,19-20H,10-11H2/t14?,15-/m1/s1. The molecular weight excluding hydrogens is 280 g/mol. The Morgan fingerprint density at radius 2 is 1.86 bits per heavy atom. The molecule has 0 aromatic heterocycles. The van der Waals surface area contributed by atoms with Crippen molar-refractivity contribution >= 4 is 0 Å². The summed E-state index contributed by atoms with van der Waals surface area (Å²) in [6.07, 6.45) is 0. The van der Waals surface area contributed by atoms with Crippen LogP contribution in [0.1, 0.15) is 23.2 Å². The number of nitriles is 1. The fourth-order valence-electron chi connectivity index (χ4n) is 2.44. The SMILES string of the molecule is N#CC(N[C@H](CO)c1ccccc1)c1ccc2c(c1)OCO2. The van der Waals surface area contributed by atoms with E-state index < -0.39 is 6.04 Å². The average molecular weight is 296 g/mol. The van der Waals surface area contributed by atoms with Gasteiger partial charge in [-0.15, -0.1) is 0 Å². The molecule has 0 bridgehead atoms. The van der Waals surface area contributed by atoms with Crippen molar-refractivity contribution in [3.05, 3.63) is 59.7 Å². The molecule has 1 aliphatic heterocycles. The second kappa shape index (κ2) is 6.48. The molecule has 2 atom stereocenters. The van der Waals surface area contributed by atoms with Gasteiger partial charge in [0.05, 0.1) is 18.7 Å². The first kappa shape index (κ1) is 14.4. The highest BCUT2D eigenvalue weighted by Crippen LogP contribution is 2.34. The quantitative estimate of drug-likeness (QED) is 0.885. The number of aliphatic hydroxyl groups excluding tert-OH is 1. The second-order valence-electron chi connectivity index (χ2n) is 4.99. The van der Waals surface area contributed by atoms with E-state index in [-0.39, 0.29) is 19.4 Å². The smallest absolute Gasteiger partial charge is 0.231 e. The molecule has 0 aliphatic carbocycles. The highest BCUT2D eigenvalue weighted by Gasteiger charge is 2.21. The zero-order chi connectivity index (χ0) is 15.4. The summed E-state index contributed by atoms with van der Waals surface area (Å²) in [7, 11) is 0. The van der Waals surface area contributed by atoms with Gasteiger partial charge in [-0.05, 0) is 23.3 Å². The molecule has 0 saturated heterocycles. The van der Waals surface area contributed by atoms with Crippen molar-refractivity contribution in [2.75, 3.05) is 13.4 Å². The van der Waals surface area contributed by atoms with E-state index in [0.29, 0.717) is 11.5 Å². The zero-order valence-electron chi connectivity index (χ0n) is 11.9. The first-order valence-corrected chi connectivity index (χ1v) is 7.03. The summed E-state index contributed by atoms with van der Waals surface area (Å²) in [4.78, 5) is 0. The first-order valence-electron chi connectivity index (χ1n) is 7.03. The molecule has 0 spiro atoms. The molecule has 0 amide bonds. The number of rotatable bonds is 5. The summed E-state index contributed by atoms with van der Waals surface area (Å²) in [5.41, 5.74) is 1.71. The molecule has 2 aromatic rings. The van der Waals surface area contributed by atoms with Crippen molar-refractivity contribution in [1.29, 1.82) is 5.26 Å². The Morgan fingerprint density at radius 3 is 2.59 bits per heavy atom. The van der Waals surface area contributed by atoms with Crippen LogP contribution >= 0.6 is 0 Å². The van der Waals surface area contributed by atoms with Gasteiger partial charge in [0, 0.05) is 0 Å². The van der Waals surface area contributed by atoms with E-state index in [2.05, 4.69) is 11.4 Å². The summed E-state index contributed by atoms with van der Waals surface area (Å²) >= 11 is 0. The molecule has 0 radical (unpaired) electrons. The van der Waals surface area contributed by atoms with Crippen LogP contribution in [0.15, 0.2) is 48.5 Å². The molecule has 112 valence electrons. The normalized spacial score (nSPS) is 15.1. The van der Waals surface area contributed by atoms with Gasteiger partial charge in [0.25, 0.3) is 0 Å².